The minimum Gasteiger partial charge on any atom is -0.444 e. The molecule has 1 saturated heterocycles. The zero-order chi connectivity index (χ0) is 22.9. The SMILES string of the molecule is N=C(N)NC(=O)OCc1cccc(-c2cnc(N3CCC(=NOCCN)CC3)nc2)c1F. The molecule has 1 amide bonds. The van der Waals surface area contributed by atoms with E-state index in [2.05, 4.69) is 15.1 Å². The van der Waals surface area contributed by atoms with Crippen LogP contribution in [0.15, 0.2) is 35.7 Å². The Labute approximate surface area is 184 Å². The molecule has 170 valence electrons. The van der Waals surface area contributed by atoms with Gasteiger partial charge in [0, 0.05) is 61.6 Å². The fraction of sp³-hybridized carbons (Fsp3) is 0.350. The molecule has 0 unspecified atom stereocenters. The number of guanidine groups is 1. The molecule has 1 aromatic carbocycles. The van der Waals surface area contributed by atoms with Crippen molar-refractivity contribution in [1.82, 2.24) is 15.3 Å². The summed E-state index contributed by atoms with van der Waals surface area (Å²) in [5.41, 5.74) is 12.4. The molecule has 32 heavy (non-hydrogen) atoms. The number of nitrogens with zero attached hydrogens (tertiary/aromatic N) is 4. The Morgan fingerprint density at radius 2 is 2.00 bits per heavy atom. The molecule has 0 saturated carbocycles. The summed E-state index contributed by atoms with van der Waals surface area (Å²) in [5.74, 6) is -0.550. The lowest BCUT2D eigenvalue weighted by molar-refractivity contribution is 0.143. The largest absolute Gasteiger partial charge is 0.444 e. The van der Waals surface area contributed by atoms with Gasteiger partial charge >= 0.3 is 6.09 Å². The summed E-state index contributed by atoms with van der Waals surface area (Å²) in [4.78, 5) is 27.4. The van der Waals surface area contributed by atoms with Crippen molar-refractivity contribution >= 4 is 23.7 Å². The fourth-order valence-electron chi connectivity index (χ4n) is 3.07. The molecule has 1 aliphatic rings. The number of halogens is 1. The minimum absolute atomic E-state index is 0.171. The number of hydrogen-bond donors (Lipinski definition) is 4. The Balaban J connectivity index is 1.63. The molecular formula is C20H25FN8O3. The average Bonchev–Trinajstić information content (AvgIpc) is 2.79. The lowest BCUT2D eigenvalue weighted by atomic mass is 10.1. The van der Waals surface area contributed by atoms with Gasteiger partial charge in [0.25, 0.3) is 0 Å². The van der Waals surface area contributed by atoms with Gasteiger partial charge in [0.2, 0.25) is 5.95 Å². The smallest absolute Gasteiger partial charge is 0.414 e. The Morgan fingerprint density at radius 3 is 2.66 bits per heavy atom. The van der Waals surface area contributed by atoms with Gasteiger partial charge in [-0.1, -0.05) is 23.4 Å². The van der Waals surface area contributed by atoms with Crippen molar-refractivity contribution < 1.29 is 18.8 Å². The van der Waals surface area contributed by atoms with E-state index in [4.69, 9.17) is 26.5 Å². The Bertz CT molecular complexity index is 973. The molecule has 0 aliphatic carbocycles. The topological polar surface area (TPSA) is 165 Å². The van der Waals surface area contributed by atoms with Crippen LogP contribution >= 0.6 is 0 Å². The van der Waals surface area contributed by atoms with E-state index in [0.29, 0.717) is 37.8 Å². The number of benzene rings is 1. The van der Waals surface area contributed by atoms with Crippen LogP contribution in [0.3, 0.4) is 0 Å². The highest BCUT2D eigenvalue weighted by Gasteiger charge is 2.19. The van der Waals surface area contributed by atoms with Crippen molar-refractivity contribution in [3.63, 3.8) is 0 Å². The monoisotopic (exact) mass is 444 g/mol. The molecule has 0 radical (unpaired) electrons. The van der Waals surface area contributed by atoms with Gasteiger partial charge < -0.3 is 25.9 Å². The van der Waals surface area contributed by atoms with E-state index in [0.717, 1.165) is 18.6 Å². The van der Waals surface area contributed by atoms with Gasteiger partial charge in [0.1, 0.15) is 19.0 Å². The second-order valence-electron chi connectivity index (χ2n) is 6.93. The number of carbonyl (C=O) groups excluding carboxylic acids is 1. The van der Waals surface area contributed by atoms with Gasteiger partial charge in [-0.05, 0) is 0 Å². The number of rotatable bonds is 7. The number of amides is 1. The Hall–Kier alpha value is -3.80. The summed E-state index contributed by atoms with van der Waals surface area (Å²) in [6, 6.07) is 4.74. The molecule has 3 rings (SSSR count). The van der Waals surface area contributed by atoms with Crippen LogP contribution in [0.5, 0.6) is 0 Å². The predicted octanol–water partition coefficient (Wildman–Crippen LogP) is 1.33. The zero-order valence-corrected chi connectivity index (χ0v) is 17.4. The summed E-state index contributed by atoms with van der Waals surface area (Å²) < 4.78 is 19.8. The highest BCUT2D eigenvalue weighted by molar-refractivity contribution is 5.90. The summed E-state index contributed by atoms with van der Waals surface area (Å²) in [6.45, 7) is 1.91. The van der Waals surface area contributed by atoms with Crippen molar-refractivity contribution in [2.75, 3.05) is 31.1 Å². The van der Waals surface area contributed by atoms with Gasteiger partial charge in [0.05, 0.1) is 5.71 Å². The number of oxime groups is 1. The molecule has 2 heterocycles. The van der Waals surface area contributed by atoms with Crippen LogP contribution in [0.1, 0.15) is 18.4 Å². The van der Waals surface area contributed by atoms with Crippen LogP contribution < -0.4 is 21.7 Å². The highest BCUT2D eigenvalue weighted by atomic mass is 19.1. The van der Waals surface area contributed by atoms with Crippen molar-refractivity contribution in [3.05, 3.63) is 42.0 Å². The third-order valence-electron chi connectivity index (χ3n) is 4.65. The molecule has 6 N–H and O–H groups in total. The fourth-order valence-corrected chi connectivity index (χ4v) is 3.07. The first-order valence-electron chi connectivity index (χ1n) is 9.98. The first-order valence-corrected chi connectivity index (χ1v) is 9.98. The van der Waals surface area contributed by atoms with Gasteiger partial charge in [-0.25, -0.2) is 19.2 Å². The van der Waals surface area contributed by atoms with Gasteiger partial charge in [-0.15, -0.1) is 0 Å². The van der Waals surface area contributed by atoms with Crippen molar-refractivity contribution in [1.29, 1.82) is 5.41 Å². The molecule has 1 aromatic heterocycles. The number of aromatic nitrogens is 2. The van der Waals surface area contributed by atoms with Crippen LogP contribution in [0.4, 0.5) is 15.1 Å². The van der Waals surface area contributed by atoms with E-state index in [-0.39, 0.29) is 17.7 Å². The first-order chi connectivity index (χ1) is 15.5. The number of hydrogen-bond acceptors (Lipinski definition) is 9. The lowest BCUT2D eigenvalue weighted by Crippen LogP contribution is -2.36. The van der Waals surface area contributed by atoms with Crippen LogP contribution in [0.2, 0.25) is 0 Å². The van der Waals surface area contributed by atoms with Crippen LogP contribution in [-0.4, -0.2) is 54.0 Å². The maximum atomic E-state index is 14.9. The van der Waals surface area contributed by atoms with E-state index in [9.17, 15) is 9.18 Å². The number of alkyl carbamates (subject to hydrolysis) is 1. The van der Waals surface area contributed by atoms with E-state index in [1.807, 2.05) is 10.2 Å². The maximum absolute atomic E-state index is 14.9. The number of anilines is 1. The molecule has 1 fully saturated rings. The predicted molar refractivity (Wildman–Crippen MR) is 117 cm³/mol. The number of carbonyl (C=O) groups is 1. The van der Waals surface area contributed by atoms with Crippen molar-refractivity contribution in [3.8, 4) is 11.1 Å². The second-order valence-corrected chi connectivity index (χ2v) is 6.93. The third kappa shape index (κ3) is 6.11. The van der Waals surface area contributed by atoms with Crippen LogP contribution in [0.25, 0.3) is 11.1 Å². The quantitative estimate of drug-likeness (QED) is 0.215. The van der Waals surface area contributed by atoms with E-state index in [1.165, 1.54) is 6.07 Å². The van der Waals surface area contributed by atoms with Gasteiger partial charge in [-0.3, -0.25) is 10.7 Å². The molecule has 0 atom stereocenters. The summed E-state index contributed by atoms with van der Waals surface area (Å²) in [7, 11) is 0. The minimum atomic E-state index is -0.935. The number of ether oxygens (including phenoxy) is 1. The van der Waals surface area contributed by atoms with Crippen molar-refractivity contribution in [2.45, 2.75) is 19.4 Å². The van der Waals surface area contributed by atoms with Crippen LogP contribution in [-0.2, 0) is 16.2 Å². The Morgan fingerprint density at radius 1 is 1.28 bits per heavy atom. The lowest BCUT2D eigenvalue weighted by Gasteiger charge is -2.27. The Kier molecular flexibility index (Phi) is 7.86. The highest BCUT2D eigenvalue weighted by Crippen LogP contribution is 2.25. The normalized spacial score (nSPS) is 13.4. The second kappa shape index (κ2) is 11.0. The molecule has 1 aliphatic heterocycles. The number of piperidine rings is 1. The molecular weight excluding hydrogens is 419 g/mol. The van der Waals surface area contributed by atoms with Crippen molar-refractivity contribution in [2.24, 2.45) is 16.6 Å². The number of nitrogens with one attached hydrogen (secondary N) is 2. The first kappa shape index (κ1) is 22.9. The summed E-state index contributed by atoms with van der Waals surface area (Å²) >= 11 is 0. The molecule has 12 heteroatoms. The standard InChI is InChI=1S/C20H25FN8O3/c21-17-13(12-31-20(30)27-18(23)24)2-1-3-16(17)14-10-25-19(26-11-14)29-7-4-15(5-8-29)28-32-9-6-22/h1-3,10-11H,4-9,12,22H2,(H4,23,24,27,30). The zero-order valence-electron chi connectivity index (χ0n) is 17.4. The number of nitrogens with two attached hydrogens (primary N) is 2. The van der Waals surface area contributed by atoms with Crippen LogP contribution in [0, 0.1) is 11.2 Å². The summed E-state index contributed by atoms with van der Waals surface area (Å²) in [6.07, 6.45) is 3.66. The molecule has 11 nitrogen and oxygen atoms in total. The van der Waals surface area contributed by atoms with Gasteiger partial charge in [0.15, 0.2) is 5.96 Å². The van der Waals surface area contributed by atoms with E-state index < -0.39 is 17.9 Å². The molecule has 2 aromatic rings. The van der Waals surface area contributed by atoms with E-state index in [1.54, 1.807) is 24.5 Å². The van der Waals surface area contributed by atoms with Gasteiger partial charge in [-0.2, -0.15) is 0 Å². The molecule has 0 spiro atoms. The molecule has 0 bridgehead atoms. The third-order valence-corrected chi connectivity index (χ3v) is 4.65. The maximum Gasteiger partial charge on any atom is 0.414 e. The van der Waals surface area contributed by atoms with E-state index >= 15 is 0 Å². The summed E-state index contributed by atoms with van der Waals surface area (Å²) in [5, 5.41) is 13.0. The average molecular weight is 444 g/mol.